The molecule has 1 saturated heterocycles. The van der Waals surface area contributed by atoms with Gasteiger partial charge in [-0.15, -0.1) is 11.8 Å². The molecule has 2 unspecified atom stereocenters. The second kappa shape index (κ2) is 10.5. The van der Waals surface area contributed by atoms with E-state index in [4.69, 9.17) is 11.6 Å². The Balaban J connectivity index is 1.50. The number of hydrogen-bond acceptors (Lipinski definition) is 4. The highest BCUT2D eigenvalue weighted by atomic mass is 35.5. The quantitative estimate of drug-likeness (QED) is 0.690. The lowest BCUT2D eigenvalue weighted by atomic mass is 9.88. The third-order valence-corrected chi connectivity index (χ3v) is 7.93. The summed E-state index contributed by atoms with van der Waals surface area (Å²) < 4.78 is 0. The molecular weight excluding hydrogens is 430 g/mol. The molecule has 7 heteroatoms. The van der Waals surface area contributed by atoms with Crippen LogP contribution in [0.25, 0.3) is 0 Å². The van der Waals surface area contributed by atoms with Crippen LogP contribution in [0.5, 0.6) is 0 Å². The number of hydrogen-bond donors (Lipinski definition) is 1. The highest BCUT2D eigenvalue weighted by Gasteiger charge is 2.45. The van der Waals surface area contributed by atoms with E-state index in [0.717, 1.165) is 18.5 Å². The summed E-state index contributed by atoms with van der Waals surface area (Å²) in [6.45, 7) is 0.499. The van der Waals surface area contributed by atoms with Crippen LogP contribution in [-0.4, -0.2) is 45.4 Å². The van der Waals surface area contributed by atoms with Gasteiger partial charge in [-0.3, -0.25) is 14.6 Å². The van der Waals surface area contributed by atoms with Crippen molar-refractivity contribution in [3.8, 4) is 0 Å². The summed E-state index contributed by atoms with van der Waals surface area (Å²) in [5.74, 6) is 0.807. The van der Waals surface area contributed by atoms with Crippen LogP contribution in [0.4, 0.5) is 0 Å². The van der Waals surface area contributed by atoms with E-state index in [1.807, 2.05) is 35.2 Å². The van der Waals surface area contributed by atoms with E-state index in [1.54, 1.807) is 30.1 Å². The van der Waals surface area contributed by atoms with Crippen molar-refractivity contribution >= 4 is 35.2 Å². The largest absolute Gasteiger partial charge is 0.354 e. The molecule has 2 aliphatic rings. The second-order valence-electron chi connectivity index (χ2n) is 8.19. The van der Waals surface area contributed by atoms with Crippen LogP contribution in [0.3, 0.4) is 0 Å². The fourth-order valence-corrected chi connectivity index (χ4v) is 6.38. The first kappa shape index (κ1) is 22.2. The molecule has 31 heavy (non-hydrogen) atoms. The SMILES string of the molecule is O=C(NCCc1ccccn1)C1CSC(C2CCCCC2)N1C(=O)c1ccccc1Cl. The second-order valence-corrected chi connectivity index (χ2v) is 9.75. The van der Waals surface area contributed by atoms with Crippen molar-refractivity contribution in [1.82, 2.24) is 15.2 Å². The highest BCUT2D eigenvalue weighted by molar-refractivity contribution is 8.00. The van der Waals surface area contributed by atoms with Crippen LogP contribution in [0.1, 0.15) is 48.2 Å². The molecule has 1 N–H and O–H groups in total. The smallest absolute Gasteiger partial charge is 0.256 e. The van der Waals surface area contributed by atoms with E-state index in [-0.39, 0.29) is 17.2 Å². The Morgan fingerprint density at radius 2 is 1.87 bits per heavy atom. The normalized spacial score (nSPS) is 21.8. The number of nitrogens with one attached hydrogen (secondary N) is 1. The third-order valence-electron chi connectivity index (χ3n) is 6.14. The maximum atomic E-state index is 13.6. The summed E-state index contributed by atoms with van der Waals surface area (Å²) in [4.78, 5) is 32.8. The molecule has 2 atom stereocenters. The Bertz CT molecular complexity index is 905. The fourth-order valence-electron chi connectivity index (χ4n) is 4.52. The Morgan fingerprint density at radius 3 is 2.61 bits per heavy atom. The van der Waals surface area contributed by atoms with E-state index in [2.05, 4.69) is 10.3 Å². The van der Waals surface area contributed by atoms with Crippen LogP contribution in [0.2, 0.25) is 5.02 Å². The predicted octanol–water partition coefficient (Wildman–Crippen LogP) is 4.56. The number of rotatable bonds is 6. The van der Waals surface area contributed by atoms with E-state index in [9.17, 15) is 9.59 Å². The van der Waals surface area contributed by atoms with Gasteiger partial charge in [-0.05, 0) is 43.0 Å². The first-order chi connectivity index (χ1) is 15.1. The molecule has 164 valence electrons. The van der Waals surface area contributed by atoms with Gasteiger partial charge in [-0.25, -0.2) is 0 Å². The van der Waals surface area contributed by atoms with Gasteiger partial charge < -0.3 is 10.2 Å². The molecule has 4 rings (SSSR count). The molecule has 1 aliphatic heterocycles. The monoisotopic (exact) mass is 457 g/mol. The lowest BCUT2D eigenvalue weighted by Crippen LogP contribution is -2.51. The number of pyridine rings is 1. The van der Waals surface area contributed by atoms with Crippen molar-refractivity contribution in [2.45, 2.75) is 49.9 Å². The van der Waals surface area contributed by atoms with Gasteiger partial charge in [0.15, 0.2) is 0 Å². The van der Waals surface area contributed by atoms with Crippen LogP contribution < -0.4 is 5.32 Å². The molecular formula is C24H28ClN3O2S. The Labute approximate surface area is 192 Å². The van der Waals surface area contributed by atoms with Gasteiger partial charge in [-0.2, -0.15) is 0 Å². The molecule has 1 saturated carbocycles. The van der Waals surface area contributed by atoms with E-state index in [1.165, 1.54) is 19.3 Å². The van der Waals surface area contributed by atoms with Gasteiger partial charge in [-0.1, -0.05) is 49.1 Å². The number of nitrogens with zero attached hydrogens (tertiary/aromatic N) is 2. The third kappa shape index (κ3) is 5.24. The van der Waals surface area contributed by atoms with Gasteiger partial charge in [0.05, 0.1) is 16.0 Å². The number of carbonyl (C=O) groups is 2. The first-order valence-corrected chi connectivity index (χ1v) is 12.4. The summed E-state index contributed by atoms with van der Waals surface area (Å²) in [5, 5.41) is 3.48. The standard InChI is InChI=1S/C24H28ClN3O2S/c25-20-12-5-4-11-19(20)23(30)28-21(16-31-24(28)17-8-2-1-3-9-17)22(29)27-15-13-18-10-6-7-14-26-18/h4-7,10-12,14,17,21,24H,1-3,8-9,13,15-16H2,(H,27,29). The molecule has 1 aromatic carbocycles. The predicted molar refractivity (Wildman–Crippen MR) is 125 cm³/mol. The zero-order chi connectivity index (χ0) is 21.6. The lowest BCUT2D eigenvalue weighted by molar-refractivity contribution is -0.125. The fraction of sp³-hybridized carbons (Fsp3) is 0.458. The summed E-state index contributed by atoms with van der Waals surface area (Å²) in [5.41, 5.74) is 1.41. The first-order valence-electron chi connectivity index (χ1n) is 11.0. The van der Waals surface area contributed by atoms with Crippen molar-refractivity contribution in [1.29, 1.82) is 0 Å². The van der Waals surface area contributed by atoms with Crippen molar-refractivity contribution < 1.29 is 9.59 Å². The molecule has 2 aromatic rings. The Morgan fingerprint density at radius 1 is 1.10 bits per heavy atom. The van der Waals surface area contributed by atoms with Crippen LogP contribution in [-0.2, 0) is 11.2 Å². The van der Waals surface area contributed by atoms with Crippen LogP contribution in [0, 0.1) is 5.92 Å². The molecule has 0 radical (unpaired) electrons. The minimum Gasteiger partial charge on any atom is -0.354 e. The average Bonchev–Trinajstić information content (AvgIpc) is 3.25. The number of carbonyl (C=O) groups excluding carboxylic acids is 2. The molecule has 5 nitrogen and oxygen atoms in total. The minimum atomic E-state index is -0.482. The molecule has 1 aliphatic carbocycles. The van der Waals surface area contributed by atoms with Crippen molar-refractivity contribution in [3.63, 3.8) is 0 Å². The topological polar surface area (TPSA) is 62.3 Å². The van der Waals surface area contributed by atoms with Crippen LogP contribution in [0.15, 0.2) is 48.7 Å². The number of thioether (sulfide) groups is 1. The molecule has 2 heterocycles. The van der Waals surface area contributed by atoms with Crippen molar-refractivity contribution in [2.24, 2.45) is 5.92 Å². The maximum Gasteiger partial charge on any atom is 0.256 e. The van der Waals surface area contributed by atoms with E-state index in [0.29, 0.717) is 35.2 Å². The lowest BCUT2D eigenvalue weighted by Gasteiger charge is -2.35. The molecule has 2 fully saturated rings. The Kier molecular flexibility index (Phi) is 7.51. The van der Waals surface area contributed by atoms with E-state index >= 15 is 0 Å². The Hall–Kier alpha value is -2.05. The minimum absolute atomic E-state index is 0.0237. The molecule has 1 aromatic heterocycles. The zero-order valence-corrected chi connectivity index (χ0v) is 19.1. The molecule has 0 bridgehead atoms. The summed E-state index contributed by atoms with van der Waals surface area (Å²) in [6, 6.07) is 12.4. The summed E-state index contributed by atoms with van der Waals surface area (Å²) in [7, 11) is 0. The van der Waals surface area contributed by atoms with Gasteiger partial charge in [0.2, 0.25) is 5.91 Å². The van der Waals surface area contributed by atoms with Gasteiger partial charge >= 0.3 is 0 Å². The number of halogens is 1. The molecule has 2 amide bonds. The maximum absolute atomic E-state index is 13.6. The van der Waals surface area contributed by atoms with Crippen molar-refractivity contribution in [3.05, 3.63) is 64.9 Å². The highest BCUT2D eigenvalue weighted by Crippen LogP contribution is 2.41. The number of amides is 2. The van der Waals surface area contributed by atoms with Gasteiger partial charge in [0.1, 0.15) is 6.04 Å². The zero-order valence-electron chi connectivity index (χ0n) is 17.5. The summed E-state index contributed by atoms with van der Waals surface area (Å²) in [6.07, 6.45) is 8.27. The average molecular weight is 458 g/mol. The van der Waals surface area contributed by atoms with Gasteiger partial charge in [0, 0.05) is 30.6 Å². The number of benzene rings is 1. The van der Waals surface area contributed by atoms with Crippen LogP contribution >= 0.6 is 23.4 Å². The van der Waals surface area contributed by atoms with E-state index < -0.39 is 6.04 Å². The van der Waals surface area contributed by atoms with Crippen molar-refractivity contribution in [2.75, 3.05) is 12.3 Å². The number of aromatic nitrogens is 1. The van der Waals surface area contributed by atoms with Gasteiger partial charge in [0.25, 0.3) is 5.91 Å². The molecule has 0 spiro atoms. The summed E-state index contributed by atoms with van der Waals surface area (Å²) >= 11 is 8.09.